The van der Waals surface area contributed by atoms with Gasteiger partial charge in [0.25, 0.3) is 0 Å². The molecule has 1 aliphatic heterocycles. The second-order valence-corrected chi connectivity index (χ2v) is 5.60. The van der Waals surface area contributed by atoms with Crippen LogP contribution in [0, 0.1) is 5.82 Å². The van der Waals surface area contributed by atoms with Crippen LogP contribution in [0.1, 0.15) is 38.2 Å². The molecule has 20 heavy (non-hydrogen) atoms. The second-order valence-electron chi connectivity index (χ2n) is 5.60. The number of halogens is 1. The van der Waals surface area contributed by atoms with E-state index in [1.165, 1.54) is 0 Å². The van der Waals surface area contributed by atoms with Crippen molar-refractivity contribution >= 4 is 11.6 Å². The molecule has 0 spiro atoms. The molecule has 1 aromatic rings. The Labute approximate surface area is 119 Å². The highest BCUT2D eigenvalue weighted by molar-refractivity contribution is 5.79. The summed E-state index contributed by atoms with van der Waals surface area (Å²) >= 11 is 0. The molecule has 0 aliphatic carbocycles. The molecule has 1 atom stereocenters. The van der Waals surface area contributed by atoms with Crippen LogP contribution in [-0.4, -0.2) is 19.0 Å². The third kappa shape index (κ3) is 2.84. The first-order chi connectivity index (χ1) is 9.40. The molecule has 1 heterocycles. The van der Waals surface area contributed by atoms with Crippen LogP contribution in [0.2, 0.25) is 0 Å². The van der Waals surface area contributed by atoms with Crippen molar-refractivity contribution in [2.75, 3.05) is 11.9 Å². The number of anilines is 1. The third-order valence-electron chi connectivity index (χ3n) is 3.83. The zero-order valence-corrected chi connectivity index (χ0v) is 12.2. The number of carbonyl (C=O) groups excluding carboxylic acids is 1. The van der Waals surface area contributed by atoms with Gasteiger partial charge in [-0.2, -0.15) is 0 Å². The number of piperidine rings is 1. The lowest BCUT2D eigenvalue weighted by Gasteiger charge is -2.34. The second kappa shape index (κ2) is 5.65. The molecule has 4 heteroatoms. The number of hydrogen-bond donors (Lipinski definition) is 1. The first kappa shape index (κ1) is 14.6. The molecule has 1 fully saturated rings. The van der Waals surface area contributed by atoms with Gasteiger partial charge in [0.1, 0.15) is 5.82 Å². The molecular formula is C16H21FN2O. The zero-order chi connectivity index (χ0) is 14.9. The SMILES string of the molecule is C=C1NC(=O)CCC1N(C)c1ccc(C(C)C)c(F)c1. The van der Waals surface area contributed by atoms with Gasteiger partial charge in [-0.3, -0.25) is 4.79 Å². The summed E-state index contributed by atoms with van der Waals surface area (Å²) in [6.07, 6.45) is 1.18. The fourth-order valence-corrected chi connectivity index (χ4v) is 2.58. The highest BCUT2D eigenvalue weighted by Crippen LogP contribution is 2.27. The van der Waals surface area contributed by atoms with Crippen molar-refractivity contribution in [3.63, 3.8) is 0 Å². The van der Waals surface area contributed by atoms with E-state index in [0.717, 1.165) is 11.3 Å². The Morgan fingerprint density at radius 2 is 2.15 bits per heavy atom. The number of nitrogens with one attached hydrogen (secondary N) is 1. The fourth-order valence-electron chi connectivity index (χ4n) is 2.58. The van der Waals surface area contributed by atoms with Crippen LogP contribution in [0.5, 0.6) is 0 Å². The first-order valence-corrected chi connectivity index (χ1v) is 6.91. The summed E-state index contributed by atoms with van der Waals surface area (Å²) in [5, 5.41) is 2.76. The van der Waals surface area contributed by atoms with Crippen LogP contribution in [0.25, 0.3) is 0 Å². The standard InChI is InChI=1S/C16H21FN2O/c1-10(2)13-6-5-12(9-14(13)17)19(4)15-7-8-16(20)18-11(15)3/h5-6,9-10,15H,3,7-8H2,1-2,4H3,(H,18,20). The number of nitrogens with zero attached hydrogens (tertiary/aromatic N) is 1. The predicted molar refractivity (Wildman–Crippen MR) is 79.2 cm³/mol. The van der Waals surface area contributed by atoms with Gasteiger partial charge in [-0.15, -0.1) is 0 Å². The maximum Gasteiger partial charge on any atom is 0.224 e. The van der Waals surface area contributed by atoms with Crippen molar-refractivity contribution in [3.05, 3.63) is 41.9 Å². The Morgan fingerprint density at radius 1 is 1.45 bits per heavy atom. The molecule has 3 nitrogen and oxygen atoms in total. The Morgan fingerprint density at radius 3 is 2.70 bits per heavy atom. The summed E-state index contributed by atoms with van der Waals surface area (Å²) in [7, 11) is 1.90. The van der Waals surface area contributed by atoms with Gasteiger partial charge in [-0.25, -0.2) is 4.39 Å². The van der Waals surface area contributed by atoms with Gasteiger partial charge < -0.3 is 10.2 Å². The monoisotopic (exact) mass is 276 g/mol. The van der Waals surface area contributed by atoms with E-state index in [4.69, 9.17) is 0 Å². The lowest BCUT2D eigenvalue weighted by atomic mass is 9.99. The average molecular weight is 276 g/mol. The van der Waals surface area contributed by atoms with Crippen molar-refractivity contribution < 1.29 is 9.18 Å². The molecule has 0 bridgehead atoms. The highest BCUT2D eigenvalue weighted by Gasteiger charge is 2.25. The molecule has 108 valence electrons. The number of likely N-dealkylation sites (N-methyl/N-ethyl adjacent to an activating group) is 1. The summed E-state index contributed by atoms with van der Waals surface area (Å²) < 4.78 is 14.1. The van der Waals surface area contributed by atoms with Crippen LogP contribution >= 0.6 is 0 Å². The molecular weight excluding hydrogens is 255 g/mol. The maximum absolute atomic E-state index is 14.1. The molecule has 1 N–H and O–H groups in total. The van der Waals surface area contributed by atoms with E-state index >= 15 is 0 Å². The van der Waals surface area contributed by atoms with Crippen molar-refractivity contribution in [1.82, 2.24) is 5.32 Å². The van der Waals surface area contributed by atoms with E-state index in [-0.39, 0.29) is 23.7 Å². The quantitative estimate of drug-likeness (QED) is 0.919. The van der Waals surface area contributed by atoms with Crippen LogP contribution in [0.15, 0.2) is 30.5 Å². The van der Waals surface area contributed by atoms with Gasteiger partial charge >= 0.3 is 0 Å². The van der Waals surface area contributed by atoms with Gasteiger partial charge in [-0.05, 0) is 30.0 Å². The lowest BCUT2D eigenvalue weighted by molar-refractivity contribution is -0.121. The normalized spacial score (nSPS) is 19.1. The van der Waals surface area contributed by atoms with E-state index < -0.39 is 0 Å². The van der Waals surface area contributed by atoms with Crippen LogP contribution < -0.4 is 10.2 Å². The van der Waals surface area contributed by atoms with Gasteiger partial charge in [0, 0.05) is 24.9 Å². The van der Waals surface area contributed by atoms with Gasteiger partial charge in [-0.1, -0.05) is 26.5 Å². The molecule has 0 radical (unpaired) electrons. The summed E-state index contributed by atoms with van der Waals surface area (Å²) in [5.41, 5.74) is 2.20. The van der Waals surface area contributed by atoms with Crippen LogP contribution in [-0.2, 0) is 4.79 Å². The zero-order valence-electron chi connectivity index (χ0n) is 12.2. The van der Waals surface area contributed by atoms with Gasteiger partial charge in [0.05, 0.1) is 6.04 Å². The smallest absolute Gasteiger partial charge is 0.224 e. The molecule has 1 aliphatic rings. The number of carbonyl (C=O) groups is 1. The third-order valence-corrected chi connectivity index (χ3v) is 3.83. The van der Waals surface area contributed by atoms with Gasteiger partial charge in [0.15, 0.2) is 0 Å². The summed E-state index contributed by atoms with van der Waals surface area (Å²) in [6, 6.07) is 5.31. The topological polar surface area (TPSA) is 32.3 Å². The molecule has 0 saturated carbocycles. The Bertz CT molecular complexity index is 539. The molecule has 2 rings (SSSR count). The van der Waals surface area contributed by atoms with Gasteiger partial charge in [0.2, 0.25) is 5.91 Å². The summed E-state index contributed by atoms with van der Waals surface area (Å²) in [5.74, 6) is -0.0194. The van der Waals surface area contributed by atoms with Crippen molar-refractivity contribution in [1.29, 1.82) is 0 Å². The summed E-state index contributed by atoms with van der Waals surface area (Å²) in [6.45, 7) is 7.84. The number of hydrogen-bond acceptors (Lipinski definition) is 2. The fraction of sp³-hybridized carbons (Fsp3) is 0.438. The minimum Gasteiger partial charge on any atom is -0.366 e. The average Bonchev–Trinajstić information content (AvgIpc) is 2.37. The Balaban J connectivity index is 2.21. The van der Waals surface area contributed by atoms with E-state index in [1.54, 1.807) is 6.07 Å². The van der Waals surface area contributed by atoms with Crippen molar-refractivity contribution in [2.45, 2.75) is 38.6 Å². The minimum atomic E-state index is -0.185. The first-order valence-electron chi connectivity index (χ1n) is 6.91. The Kier molecular flexibility index (Phi) is 4.12. The molecule has 1 saturated heterocycles. The van der Waals surface area contributed by atoms with E-state index in [2.05, 4.69) is 11.9 Å². The van der Waals surface area contributed by atoms with E-state index in [9.17, 15) is 9.18 Å². The Hall–Kier alpha value is -1.84. The molecule has 0 aromatic heterocycles. The lowest BCUT2D eigenvalue weighted by Crippen LogP contribution is -2.44. The van der Waals surface area contributed by atoms with E-state index in [0.29, 0.717) is 18.5 Å². The maximum atomic E-state index is 14.1. The van der Waals surface area contributed by atoms with Crippen molar-refractivity contribution in [3.8, 4) is 0 Å². The molecule has 1 unspecified atom stereocenters. The van der Waals surface area contributed by atoms with E-state index in [1.807, 2.05) is 37.9 Å². The largest absolute Gasteiger partial charge is 0.366 e. The van der Waals surface area contributed by atoms with Crippen molar-refractivity contribution in [2.24, 2.45) is 0 Å². The number of amides is 1. The number of benzene rings is 1. The minimum absolute atomic E-state index is 0.000913. The predicted octanol–water partition coefficient (Wildman–Crippen LogP) is 3.18. The van der Waals surface area contributed by atoms with Crippen LogP contribution in [0.4, 0.5) is 10.1 Å². The highest BCUT2D eigenvalue weighted by atomic mass is 19.1. The molecule has 1 amide bonds. The summed E-state index contributed by atoms with van der Waals surface area (Å²) in [4.78, 5) is 13.3. The molecule has 1 aromatic carbocycles. The number of rotatable bonds is 3. The van der Waals surface area contributed by atoms with Crippen LogP contribution in [0.3, 0.4) is 0 Å².